The molecule has 1 aromatic heterocycles. The molecule has 1 heterocycles. The van der Waals surface area contributed by atoms with Crippen molar-refractivity contribution >= 4 is 22.9 Å². The monoisotopic (exact) mass is 265 g/mol. The van der Waals surface area contributed by atoms with Gasteiger partial charge in [-0.25, -0.2) is 0 Å². The number of nitrogens with zero attached hydrogens (tertiary/aromatic N) is 1. The highest BCUT2D eigenvalue weighted by atomic mass is 35.5. The number of hydrogen-bond acceptors (Lipinski definition) is 2. The minimum absolute atomic E-state index is 0.865. The van der Waals surface area contributed by atoms with E-state index in [2.05, 4.69) is 49.2 Å². The summed E-state index contributed by atoms with van der Waals surface area (Å²) in [5.41, 5.74) is 2.74. The first-order valence-electron chi connectivity index (χ1n) is 5.62. The normalized spacial score (nSPS) is 11.1. The van der Waals surface area contributed by atoms with E-state index in [-0.39, 0.29) is 0 Å². The van der Waals surface area contributed by atoms with E-state index >= 15 is 0 Å². The summed E-state index contributed by atoms with van der Waals surface area (Å²) in [6.45, 7) is 4.08. The summed E-state index contributed by atoms with van der Waals surface area (Å²) in [5.74, 6) is 0. The van der Waals surface area contributed by atoms with Crippen molar-refractivity contribution in [1.82, 2.24) is 4.90 Å². The zero-order valence-electron chi connectivity index (χ0n) is 10.1. The summed E-state index contributed by atoms with van der Waals surface area (Å²) >= 11 is 7.58. The fraction of sp³-hybridized carbons (Fsp3) is 0.286. The van der Waals surface area contributed by atoms with E-state index in [0.29, 0.717) is 0 Å². The van der Waals surface area contributed by atoms with Crippen LogP contribution in [0.4, 0.5) is 0 Å². The van der Waals surface area contributed by atoms with E-state index < -0.39 is 0 Å². The molecule has 0 radical (unpaired) electrons. The van der Waals surface area contributed by atoms with Gasteiger partial charge in [0.2, 0.25) is 0 Å². The highest BCUT2D eigenvalue weighted by Gasteiger charge is 2.05. The molecule has 2 aromatic rings. The topological polar surface area (TPSA) is 3.24 Å². The standard InChI is InChI=1S/C14H16ClNS/c1-11-5-3-4-6-12(11)9-16(2)10-13-7-8-14(15)17-13/h3-8H,9-10H2,1-2H3. The van der Waals surface area contributed by atoms with Gasteiger partial charge in [-0.15, -0.1) is 11.3 Å². The Kier molecular flexibility index (Phi) is 4.21. The largest absolute Gasteiger partial charge is 0.297 e. The van der Waals surface area contributed by atoms with Gasteiger partial charge in [-0.1, -0.05) is 35.9 Å². The molecule has 17 heavy (non-hydrogen) atoms. The van der Waals surface area contributed by atoms with Crippen LogP contribution in [-0.2, 0) is 13.1 Å². The number of hydrogen-bond donors (Lipinski definition) is 0. The second kappa shape index (κ2) is 5.67. The van der Waals surface area contributed by atoms with Crippen molar-refractivity contribution in [2.45, 2.75) is 20.0 Å². The van der Waals surface area contributed by atoms with Crippen molar-refractivity contribution in [1.29, 1.82) is 0 Å². The zero-order chi connectivity index (χ0) is 12.3. The molecule has 0 bridgehead atoms. The van der Waals surface area contributed by atoms with Crippen LogP contribution in [0.15, 0.2) is 36.4 Å². The van der Waals surface area contributed by atoms with Crippen LogP contribution in [0, 0.1) is 6.92 Å². The molecule has 0 atom stereocenters. The second-order valence-corrected chi connectivity index (χ2v) is 6.10. The summed E-state index contributed by atoms with van der Waals surface area (Å²) in [5, 5.41) is 0. The first kappa shape index (κ1) is 12.6. The molecule has 0 spiro atoms. The molecule has 0 unspecified atom stereocenters. The Hall–Kier alpha value is -0.830. The highest BCUT2D eigenvalue weighted by Crippen LogP contribution is 2.23. The van der Waals surface area contributed by atoms with Crippen LogP contribution in [0.25, 0.3) is 0 Å². The molecule has 1 aromatic carbocycles. The van der Waals surface area contributed by atoms with E-state index in [1.165, 1.54) is 16.0 Å². The Morgan fingerprint density at radius 1 is 1.12 bits per heavy atom. The zero-order valence-corrected chi connectivity index (χ0v) is 11.7. The molecule has 3 heteroatoms. The molecular weight excluding hydrogens is 250 g/mol. The number of aryl methyl sites for hydroxylation is 1. The quantitative estimate of drug-likeness (QED) is 0.795. The van der Waals surface area contributed by atoms with Gasteiger partial charge in [-0.2, -0.15) is 0 Å². The Balaban J connectivity index is 1.98. The number of benzene rings is 1. The van der Waals surface area contributed by atoms with Gasteiger partial charge in [-0.05, 0) is 37.2 Å². The number of thiophene rings is 1. The molecule has 0 amide bonds. The van der Waals surface area contributed by atoms with Gasteiger partial charge < -0.3 is 0 Å². The van der Waals surface area contributed by atoms with Crippen molar-refractivity contribution < 1.29 is 0 Å². The molecule has 0 saturated heterocycles. The summed E-state index contributed by atoms with van der Waals surface area (Å²) in [4.78, 5) is 3.62. The molecule has 0 N–H and O–H groups in total. The van der Waals surface area contributed by atoms with Gasteiger partial charge in [0.1, 0.15) is 0 Å². The molecular formula is C14H16ClNS. The van der Waals surface area contributed by atoms with Crippen LogP contribution >= 0.6 is 22.9 Å². The average Bonchev–Trinajstić information content (AvgIpc) is 2.67. The number of halogens is 1. The minimum Gasteiger partial charge on any atom is -0.297 e. The molecule has 90 valence electrons. The first-order valence-corrected chi connectivity index (χ1v) is 6.82. The maximum absolute atomic E-state index is 5.93. The lowest BCUT2D eigenvalue weighted by molar-refractivity contribution is 0.321. The van der Waals surface area contributed by atoms with Crippen molar-refractivity contribution in [3.8, 4) is 0 Å². The van der Waals surface area contributed by atoms with Gasteiger partial charge in [0.05, 0.1) is 4.34 Å². The van der Waals surface area contributed by atoms with E-state index in [0.717, 1.165) is 17.4 Å². The van der Waals surface area contributed by atoms with Gasteiger partial charge in [0.15, 0.2) is 0 Å². The van der Waals surface area contributed by atoms with Crippen molar-refractivity contribution in [2.75, 3.05) is 7.05 Å². The predicted molar refractivity (Wildman–Crippen MR) is 75.7 cm³/mol. The minimum atomic E-state index is 0.865. The lowest BCUT2D eigenvalue weighted by Crippen LogP contribution is -2.17. The first-order chi connectivity index (χ1) is 8.15. The predicted octanol–water partition coefficient (Wildman–Crippen LogP) is 4.34. The van der Waals surface area contributed by atoms with Gasteiger partial charge in [0, 0.05) is 18.0 Å². The maximum Gasteiger partial charge on any atom is 0.0931 e. The Morgan fingerprint density at radius 3 is 2.53 bits per heavy atom. The summed E-state index contributed by atoms with van der Waals surface area (Å²) in [7, 11) is 2.14. The Morgan fingerprint density at radius 2 is 1.88 bits per heavy atom. The molecule has 1 nitrogen and oxygen atoms in total. The van der Waals surface area contributed by atoms with E-state index in [9.17, 15) is 0 Å². The Labute approximate surface area is 112 Å². The molecule has 2 rings (SSSR count). The summed E-state index contributed by atoms with van der Waals surface area (Å²) in [6.07, 6.45) is 0. The average molecular weight is 266 g/mol. The molecule has 0 aliphatic carbocycles. The van der Waals surface area contributed by atoms with Crippen molar-refractivity contribution in [3.05, 3.63) is 56.7 Å². The molecule has 0 aliphatic rings. The van der Waals surface area contributed by atoms with Crippen LogP contribution in [0.1, 0.15) is 16.0 Å². The summed E-state index contributed by atoms with van der Waals surface area (Å²) < 4.78 is 0.865. The van der Waals surface area contributed by atoms with Crippen LogP contribution < -0.4 is 0 Å². The molecule has 0 fully saturated rings. The van der Waals surface area contributed by atoms with Crippen LogP contribution in [0.2, 0.25) is 4.34 Å². The van der Waals surface area contributed by atoms with E-state index in [1.54, 1.807) is 11.3 Å². The van der Waals surface area contributed by atoms with E-state index in [4.69, 9.17) is 11.6 Å². The lowest BCUT2D eigenvalue weighted by Gasteiger charge is -2.17. The molecule has 0 saturated carbocycles. The number of rotatable bonds is 4. The highest BCUT2D eigenvalue weighted by molar-refractivity contribution is 7.16. The third-order valence-corrected chi connectivity index (χ3v) is 3.97. The third kappa shape index (κ3) is 3.56. The smallest absolute Gasteiger partial charge is 0.0931 e. The fourth-order valence-corrected chi connectivity index (χ4v) is 3.00. The van der Waals surface area contributed by atoms with E-state index in [1.807, 2.05) is 6.07 Å². The fourth-order valence-electron chi connectivity index (χ4n) is 1.84. The van der Waals surface area contributed by atoms with Crippen LogP contribution in [0.5, 0.6) is 0 Å². The third-order valence-electron chi connectivity index (χ3n) is 2.76. The maximum atomic E-state index is 5.93. The second-order valence-electron chi connectivity index (χ2n) is 4.30. The SMILES string of the molecule is Cc1ccccc1CN(C)Cc1ccc(Cl)s1. The molecule has 0 aliphatic heterocycles. The Bertz CT molecular complexity index is 492. The van der Waals surface area contributed by atoms with Gasteiger partial charge in [-0.3, -0.25) is 4.90 Å². The van der Waals surface area contributed by atoms with Crippen molar-refractivity contribution in [3.63, 3.8) is 0 Å². The van der Waals surface area contributed by atoms with Gasteiger partial charge in [0.25, 0.3) is 0 Å². The lowest BCUT2D eigenvalue weighted by atomic mass is 10.1. The van der Waals surface area contributed by atoms with Crippen LogP contribution in [-0.4, -0.2) is 11.9 Å². The van der Waals surface area contributed by atoms with Crippen molar-refractivity contribution in [2.24, 2.45) is 0 Å². The van der Waals surface area contributed by atoms with Gasteiger partial charge >= 0.3 is 0 Å². The van der Waals surface area contributed by atoms with Crippen LogP contribution in [0.3, 0.4) is 0 Å². The summed E-state index contributed by atoms with van der Waals surface area (Å²) in [6, 6.07) is 12.6.